The van der Waals surface area contributed by atoms with E-state index in [1.165, 1.54) is 12.5 Å². The molecule has 7 aromatic rings. The number of halogens is 1. The van der Waals surface area contributed by atoms with Gasteiger partial charge in [0.1, 0.15) is 22.9 Å². The molecule has 0 spiro atoms. The van der Waals surface area contributed by atoms with Gasteiger partial charge in [-0.25, -0.2) is 14.0 Å². The van der Waals surface area contributed by atoms with Gasteiger partial charge < -0.3 is 19.0 Å². The van der Waals surface area contributed by atoms with Crippen LogP contribution in [0.4, 0.5) is 4.39 Å². The maximum Gasteiger partial charge on any atom is 0.337 e. The van der Waals surface area contributed by atoms with Crippen LogP contribution in [0.2, 0.25) is 0 Å². The fraction of sp³-hybridized carbons (Fsp3) is 0.348. The van der Waals surface area contributed by atoms with Crippen molar-refractivity contribution in [2.24, 2.45) is 18.1 Å². The van der Waals surface area contributed by atoms with Crippen LogP contribution in [-0.4, -0.2) is 76.0 Å². The van der Waals surface area contributed by atoms with Crippen LogP contribution in [0.1, 0.15) is 71.9 Å². The van der Waals surface area contributed by atoms with E-state index in [-0.39, 0.29) is 29.9 Å². The Balaban J connectivity index is 1.08. The summed E-state index contributed by atoms with van der Waals surface area (Å²) < 4.78 is 29.5. The summed E-state index contributed by atoms with van der Waals surface area (Å²) in [6, 6.07) is 17.6. The van der Waals surface area contributed by atoms with Crippen LogP contribution in [0.15, 0.2) is 83.1 Å². The van der Waals surface area contributed by atoms with Gasteiger partial charge in [-0.3, -0.25) is 23.3 Å². The molecule has 1 amide bonds. The summed E-state index contributed by atoms with van der Waals surface area (Å²) in [5.41, 5.74) is 6.50. The molecule has 14 nitrogen and oxygen atoms in total. The molecule has 2 aliphatic heterocycles. The number of nitrogens with zero attached hydrogens (tertiary/aromatic N) is 9. The number of imidazole rings is 1. The SMILES string of the molecule is CC(=O)O/N=C/[C@]1(n2c(C(=O)N3CCn4nc(-c5cc(C)c(F)c(C)c5)c(-n5ccn(-c6ccc7c(cnn7C)c6)c5=O)c4C3)cc3cc(C4CCOCC4)ccc32)C[C@@H]1C. The Morgan fingerprint density at radius 3 is 2.44 bits per heavy atom. The van der Waals surface area contributed by atoms with Crippen molar-refractivity contribution >= 4 is 39.9 Å². The van der Waals surface area contributed by atoms with E-state index in [4.69, 9.17) is 14.7 Å². The summed E-state index contributed by atoms with van der Waals surface area (Å²) in [5, 5.41) is 15.3. The Bertz CT molecular complexity index is 2990. The van der Waals surface area contributed by atoms with Crippen molar-refractivity contribution in [1.29, 1.82) is 0 Å². The number of fused-ring (bicyclic) bond motifs is 3. The Kier molecular flexibility index (Phi) is 9.20. The van der Waals surface area contributed by atoms with E-state index >= 15 is 9.18 Å². The first-order valence-electron chi connectivity index (χ1n) is 20.8. The van der Waals surface area contributed by atoms with Crippen LogP contribution >= 0.6 is 0 Å². The first-order valence-corrected chi connectivity index (χ1v) is 20.8. The molecule has 15 heteroatoms. The normalized spacial score (nSPS) is 19.3. The second kappa shape index (κ2) is 14.5. The van der Waals surface area contributed by atoms with Crippen molar-refractivity contribution in [3.05, 3.63) is 118 Å². The van der Waals surface area contributed by atoms with Gasteiger partial charge in [0.2, 0.25) is 0 Å². The number of carbonyl (C=O) groups excluding carboxylic acids is 2. The highest BCUT2D eigenvalue weighted by atomic mass is 19.1. The first kappa shape index (κ1) is 38.6. The lowest BCUT2D eigenvalue weighted by Crippen LogP contribution is -2.40. The third kappa shape index (κ3) is 6.40. The average molecular weight is 824 g/mol. The molecule has 0 N–H and O–H groups in total. The molecule has 61 heavy (non-hydrogen) atoms. The lowest BCUT2D eigenvalue weighted by molar-refractivity contribution is -0.140. The predicted molar refractivity (Wildman–Crippen MR) is 228 cm³/mol. The number of benzene rings is 3. The quantitative estimate of drug-likeness (QED) is 0.0923. The highest BCUT2D eigenvalue weighted by Gasteiger charge is 2.54. The third-order valence-electron chi connectivity index (χ3n) is 12.9. The summed E-state index contributed by atoms with van der Waals surface area (Å²) in [5.74, 6) is -0.537. The molecule has 1 saturated heterocycles. The molecule has 2 fully saturated rings. The molecule has 10 rings (SSSR count). The lowest BCUT2D eigenvalue weighted by atomic mass is 9.91. The van der Waals surface area contributed by atoms with Gasteiger partial charge in [-0.1, -0.05) is 18.1 Å². The van der Waals surface area contributed by atoms with Crippen LogP contribution in [0.5, 0.6) is 0 Å². The number of aryl methyl sites for hydroxylation is 3. The summed E-state index contributed by atoms with van der Waals surface area (Å²) in [6.45, 7) is 9.14. The molecule has 4 aromatic heterocycles. The van der Waals surface area contributed by atoms with E-state index in [9.17, 15) is 9.59 Å². The molecular weight excluding hydrogens is 778 g/mol. The largest absolute Gasteiger partial charge is 0.381 e. The number of rotatable bonds is 8. The van der Waals surface area contributed by atoms with Gasteiger partial charge in [0.15, 0.2) is 0 Å². The molecule has 6 heterocycles. The van der Waals surface area contributed by atoms with E-state index < -0.39 is 11.5 Å². The predicted octanol–water partition coefficient (Wildman–Crippen LogP) is 6.92. The van der Waals surface area contributed by atoms with Gasteiger partial charge >= 0.3 is 11.7 Å². The second-order valence-corrected chi connectivity index (χ2v) is 16.8. The van der Waals surface area contributed by atoms with E-state index in [2.05, 4.69) is 39.9 Å². The molecule has 0 radical (unpaired) electrons. The molecule has 2 atom stereocenters. The average Bonchev–Trinajstić information content (AvgIpc) is 3.71. The Hall–Kier alpha value is -6.61. The Labute approximate surface area is 350 Å². The van der Waals surface area contributed by atoms with E-state index in [0.717, 1.165) is 34.6 Å². The Morgan fingerprint density at radius 1 is 0.967 bits per heavy atom. The second-order valence-electron chi connectivity index (χ2n) is 16.8. The summed E-state index contributed by atoms with van der Waals surface area (Å²) in [6.07, 6.45) is 9.44. The van der Waals surface area contributed by atoms with Crippen molar-refractivity contribution in [3.63, 3.8) is 0 Å². The summed E-state index contributed by atoms with van der Waals surface area (Å²) in [4.78, 5) is 48.3. The zero-order chi connectivity index (χ0) is 42.3. The van der Waals surface area contributed by atoms with Crippen LogP contribution < -0.4 is 5.69 Å². The number of carbonyl (C=O) groups is 2. The highest BCUT2D eigenvalue weighted by Crippen LogP contribution is 2.51. The number of hydrogen-bond acceptors (Lipinski definition) is 8. The topological polar surface area (TPSA) is 136 Å². The molecule has 3 aliphatic rings. The molecule has 1 saturated carbocycles. The Morgan fingerprint density at radius 2 is 1.70 bits per heavy atom. The van der Waals surface area contributed by atoms with Crippen LogP contribution in [0.3, 0.4) is 0 Å². The maximum atomic E-state index is 15.2. The summed E-state index contributed by atoms with van der Waals surface area (Å²) >= 11 is 0. The number of aromatic nitrogens is 7. The van der Waals surface area contributed by atoms with Gasteiger partial charge in [-0.15, -0.1) is 0 Å². The zero-order valence-electron chi connectivity index (χ0n) is 34.8. The molecule has 0 bridgehead atoms. The number of oxime groups is 1. The monoisotopic (exact) mass is 823 g/mol. The van der Waals surface area contributed by atoms with Crippen LogP contribution in [0, 0.1) is 25.6 Å². The number of ether oxygens (including phenoxy) is 1. The van der Waals surface area contributed by atoms with E-state index in [1.807, 2.05) is 36.0 Å². The number of amides is 1. The zero-order valence-corrected chi connectivity index (χ0v) is 34.8. The van der Waals surface area contributed by atoms with Gasteiger partial charge in [0, 0.05) is 68.0 Å². The number of hydrogen-bond donors (Lipinski definition) is 0. The van der Waals surface area contributed by atoms with Crippen LogP contribution in [0.25, 0.3) is 44.4 Å². The fourth-order valence-corrected chi connectivity index (χ4v) is 9.51. The van der Waals surface area contributed by atoms with Crippen molar-refractivity contribution < 1.29 is 23.6 Å². The van der Waals surface area contributed by atoms with Crippen molar-refractivity contribution in [1.82, 2.24) is 38.2 Å². The van der Waals surface area contributed by atoms with Gasteiger partial charge in [-0.05, 0) is 110 Å². The maximum absolute atomic E-state index is 15.2. The molecule has 1 aliphatic carbocycles. The third-order valence-corrected chi connectivity index (χ3v) is 12.9. The van der Waals surface area contributed by atoms with Crippen LogP contribution in [-0.2, 0) is 40.0 Å². The first-order chi connectivity index (χ1) is 29.4. The van der Waals surface area contributed by atoms with Gasteiger partial charge in [0.25, 0.3) is 5.91 Å². The fourth-order valence-electron chi connectivity index (χ4n) is 9.51. The van der Waals surface area contributed by atoms with Gasteiger partial charge in [-0.2, -0.15) is 10.2 Å². The van der Waals surface area contributed by atoms with E-state index in [1.54, 1.807) is 69.5 Å². The minimum Gasteiger partial charge on any atom is -0.381 e. The molecule has 312 valence electrons. The van der Waals surface area contributed by atoms with Crippen molar-refractivity contribution in [2.45, 2.75) is 71.5 Å². The smallest absolute Gasteiger partial charge is 0.337 e. The van der Waals surface area contributed by atoms with Gasteiger partial charge in [0.05, 0.1) is 47.9 Å². The minimum atomic E-state index is -0.689. The molecule has 3 aromatic carbocycles. The molecular formula is C46H46FN9O5. The summed E-state index contributed by atoms with van der Waals surface area (Å²) in [7, 11) is 1.87. The standard InChI is InChI=1S/C46H46FN9O5/c1-27-18-34(19-28(2)41(27)47)42-43(54-14-13-53(45(54)59)36-7-9-37-35(21-36)24-48-51(37)5)40-25-52(12-15-55(40)50-42)44(58)39-22-33-20-32(31-10-16-60-17-11-31)6-8-38(33)56(39)46(23-29(46)3)26-49-61-30(4)57/h6-9,13-14,18-22,24,26,29,31H,10-12,15-17,23,25H2,1-5H3/b49-26+/t29-,46+/m0/s1. The minimum absolute atomic E-state index is 0.110. The molecule has 0 unspecified atom stereocenters. The highest BCUT2D eigenvalue weighted by molar-refractivity contribution is 6.00. The lowest BCUT2D eigenvalue weighted by Gasteiger charge is -2.29. The van der Waals surface area contributed by atoms with E-state index in [0.29, 0.717) is 83.8 Å². The van der Waals surface area contributed by atoms with Crippen molar-refractivity contribution in [3.8, 4) is 22.6 Å². The van der Waals surface area contributed by atoms with Crippen molar-refractivity contribution in [2.75, 3.05) is 19.8 Å².